The molecule has 124 valence electrons. The van der Waals surface area contributed by atoms with Crippen LogP contribution in [0.5, 0.6) is 0 Å². The van der Waals surface area contributed by atoms with Gasteiger partial charge in [0.15, 0.2) is 4.34 Å². The summed E-state index contributed by atoms with van der Waals surface area (Å²) in [6.07, 6.45) is 1.04. The van der Waals surface area contributed by atoms with Gasteiger partial charge < -0.3 is 10.6 Å². The maximum absolute atomic E-state index is 12.3. The molecule has 1 heterocycles. The second-order valence-corrected chi connectivity index (χ2v) is 7.93. The van der Waals surface area contributed by atoms with Gasteiger partial charge in [0.2, 0.25) is 11.0 Å². The molecule has 0 bridgehead atoms. The first-order valence-corrected chi connectivity index (χ1v) is 9.31. The Bertz CT molecular complexity index is 672. The number of amides is 1. The molecule has 2 aromatic rings. The summed E-state index contributed by atoms with van der Waals surface area (Å²) in [5, 5.41) is 14.9. The molecule has 1 atom stereocenters. The number of hydrogen-bond acceptors (Lipinski definition) is 6. The van der Waals surface area contributed by atoms with Gasteiger partial charge in [-0.15, -0.1) is 10.2 Å². The number of aryl methyl sites for hydroxylation is 2. The first-order valence-electron chi connectivity index (χ1n) is 7.61. The highest BCUT2D eigenvalue weighted by atomic mass is 32.2. The zero-order valence-electron chi connectivity index (χ0n) is 13.8. The van der Waals surface area contributed by atoms with Gasteiger partial charge in [0.05, 0.1) is 5.25 Å². The molecular formula is C16H22N4OS2. The predicted octanol–water partition coefficient (Wildman–Crippen LogP) is 4.10. The molecule has 0 saturated heterocycles. The third kappa shape index (κ3) is 5.21. The molecule has 0 radical (unpaired) electrons. The fourth-order valence-electron chi connectivity index (χ4n) is 1.95. The molecule has 1 amide bonds. The lowest BCUT2D eigenvalue weighted by molar-refractivity contribution is -0.115. The van der Waals surface area contributed by atoms with E-state index in [0.29, 0.717) is 0 Å². The summed E-state index contributed by atoms with van der Waals surface area (Å²) in [6, 6.07) is 6.00. The largest absolute Gasteiger partial charge is 0.360 e. The van der Waals surface area contributed by atoms with Gasteiger partial charge in [-0.2, -0.15) is 0 Å². The molecule has 1 aromatic heterocycles. The lowest BCUT2D eigenvalue weighted by Gasteiger charge is -2.12. The topological polar surface area (TPSA) is 66.9 Å². The standard InChI is InChI=1S/C16H22N4OS2/c1-5-8-17-15-19-20-16(23-15)22-12(4)14(21)18-13-7-6-10(2)9-11(13)3/h6-7,9,12H,5,8H2,1-4H3,(H,17,19)(H,18,21)/t12-/m0/s1. The smallest absolute Gasteiger partial charge is 0.237 e. The lowest BCUT2D eigenvalue weighted by atomic mass is 10.1. The van der Waals surface area contributed by atoms with Gasteiger partial charge in [-0.05, 0) is 38.8 Å². The minimum atomic E-state index is -0.234. The zero-order valence-corrected chi connectivity index (χ0v) is 15.5. The van der Waals surface area contributed by atoms with Crippen LogP contribution in [0.4, 0.5) is 10.8 Å². The number of benzene rings is 1. The molecule has 1 aromatic carbocycles. The highest BCUT2D eigenvalue weighted by Crippen LogP contribution is 2.29. The number of carbonyl (C=O) groups excluding carboxylic acids is 1. The molecule has 7 heteroatoms. The van der Waals surface area contributed by atoms with Gasteiger partial charge in [-0.1, -0.05) is 47.7 Å². The van der Waals surface area contributed by atoms with Crippen molar-refractivity contribution in [2.75, 3.05) is 17.2 Å². The van der Waals surface area contributed by atoms with E-state index in [-0.39, 0.29) is 11.2 Å². The van der Waals surface area contributed by atoms with Gasteiger partial charge in [0.1, 0.15) is 0 Å². The molecule has 0 aliphatic heterocycles. The summed E-state index contributed by atoms with van der Waals surface area (Å²) in [4.78, 5) is 12.3. The van der Waals surface area contributed by atoms with Gasteiger partial charge >= 0.3 is 0 Å². The summed E-state index contributed by atoms with van der Waals surface area (Å²) in [5.74, 6) is -0.0276. The maximum Gasteiger partial charge on any atom is 0.237 e. The molecule has 0 aliphatic carbocycles. The van der Waals surface area contributed by atoms with Crippen LogP contribution in [0, 0.1) is 13.8 Å². The fraction of sp³-hybridized carbons (Fsp3) is 0.438. The van der Waals surface area contributed by atoms with E-state index in [1.165, 1.54) is 28.7 Å². The van der Waals surface area contributed by atoms with Gasteiger partial charge in [-0.3, -0.25) is 4.79 Å². The average Bonchev–Trinajstić information content (AvgIpc) is 2.95. The van der Waals surface area contributed by atoms with E-state index in [1.54, 1.807) is 0 Å². The Kier molecular flexibility index (Phi) is 6.41. The van der Waals surface area contributed by atoms with E-state index in [4.69, 9.17) is 0 Å². The Hall–Kier alpha value is -1.60. The third-order valence-electron chi connectivity index (χ3n) is 3.22. The van der Waals surface area contributed by atoms with E-state index < -0.39 is 0 Å². The van der Waals surface area contributed by atoms with Crippen LogP contribution in [-0.4, -0.2) is 27.9 Å². The Morgan fingerprint density at radius 2 is 2.13 bits per heavy atom. The molecule has 0 saturated carbocycles. The molecule has 0 fully saturated rings. The van der Waals surface area contributed by atoms with Gasteiger partial charge in [-0.25, -0.2) is 0 Å². The van der Waals surface area contributed by atoms with Crippen molar-refractivity contribution in [3.63, 3.8) is 0 Å². The van der Waals surface area contributed by atoms with E-state index in [0.717, 1.165) is 33.7 Å². The minimum Gasteiger partial charge on any atom is -0.360 e. The normalized spacial score (nSPS) is 12.0. The molecule has 0 spiro atoms. The molecule has 23 heavy (non-hydrogen) atoms. The van der Waals surface area contributed by atoms with Crippen LogP contribution in [0.25, 0.3) is 0 Å². The first-order chi connectivity index (χ1) is 11.0. The summed E-state index contributed by atoms with van der Waals surface area (Å²) in [5.41, 5.74) is 3.11. The van der Waals surface area contributed by atoms with E-state index in [2.05, 4.69) is 33.8 Å². The number of thioether (sulfide) groups is 1. The van der Waals surface area contributed by atoms with Gasteiger partial charge in [0.25, 0.3) is 0 Å². The number of hydrogen-bond donors (Lipinski definition) is 2. The average molecular weight is 351 g/mol. The zero-order chi connectivity index (χ0) is 16.8. The Balaban J connectivity index is 1.93. The summed E-state index contributed by atoms with van der Waals surface area (Å²) in [6.45, 7) is 8.89. The van der Waals surface area contributed by atoms with E-state index in [1.807, 2.05) is 32.9 Å². The molecule has 0 aliphatic rings. The minimum absolute atomic E-state index is 0.0276. The van der Waals surface area contributed by atoms with Gasteiger partial charge in [0, 0.05) is 12.2 Å². The van der Waals surface area contributed by atoms with Crippen molar-refractivity contribution in [3.8, 4) is 0 Å². The Labute approximate surface area is 145 Å². The monoisotopic (exact) mass is 350 g/mol. The van der Waals surface area contributed by atoms with Crippen molar-refractivity contribution in [1.29, 1.82) is 0 Å². The summed E-state index contributed by atoms with van der Waals surface area (Å²) < 4.78 is 0.798. The highest BCUT2D eigenvalue weighted by Gasteiger charge is 2.18. The molecule has 0 unspecified atom stereocenters. The molecule has 2 N–H and O–H groups in total. The van der Waals surface area contributed by atoms with Crippen molar-refractivity contribution in [1.82, 2.24) is 10.2 Å². The van der Waals surface area contributed by atoms with Crippen molar-refractivity contribution in [2.24, 2.45) is 0 Å². The second-order valence-electron chi connectivity index (χ2n) is 5.37. The van der Waals surface area contributed by atoms with Crippen molar-refractivity contribution in [2.45, 2.75) is 43.7 Å². The van der Waals surface area contributed by atoms with Crippen LogP contribution in [0.1, 0.15) is 31.4 Å². The van der Waals surface area contributed by atoms with E-state index in [9.17, 15) is 4.79 Å². The quantitative estimate of drug-likeness (QED) is 0.736. The number of anilines is 2. The van der Waals surface area contributed by atoms with Crippen molar-refractivity contribution in [3.05, 3.63) is 29.3 Å². The maximum atomic E-state index is 12.3. The number of nitrogens with zero attached hydrogens (tertiary/aromatic N) is 2. The summed E-state index contributed by atoms with van der Waals surface area (Å²) in [7, 11) is 0. The number of carbonyl (C=O) groups is 1. The van der Waals surface area contributed by atoms with Crippen LogP contribution in [0.15, 0.2) is 22.5 Å². The van der Waals surface area contributed by atoms with Crippen LogP contribution in [-0.2, 0) is 4.79 Å². The lowest BCUT2D eigenvalue weighted by Crippen LogP contribution is -2.22. The molecule has 2 rings (SSSR count). The Morgan fingerprint density at radius 1 is 1.35 bits per heavy atom. The van der Waals surface area contributed by atoms with E-state index >= 15 is 0 Å². The van der Waals surface area contributed by atoms with Crippen LogP contribution in [0.2, 0.25) is 0 Å². The summed E-state index contributed by atoms with van der Waals surface area (Å²) >= 11 is 2.91. The third-order valence-corrected chi connectivity index (χ3v) is 5.28. The number of rotatable bonds is 7. The van der Waals surface area contributed by atoms with Crippen LogP contribution in [0.3, 0.4) is 0 Å². The van der Waals surface area contributed by atoms with Crippen molar-refractivity contribution >= 4 is 39.8 Å². The Morgan fingerprint density at radius 3 is 2.83 bits per heavy atom. The molecule has 5 nitrogen and oxygen atoms in total. The fourth-order valence-corrected chi connectivity index (χ4v) is 3.88. The number of aromatic nitrogens is 2. The highest BCUT2D eigenvalue weighted by molar-refractivity contribution is 8.02. The van der Waals surface area contributed by atoms with Crippen molar-refractivity contribution < 1.29 is 4.79 Å². The number of nitrogens with one attached hydrogen (secondary N) is 2. The van der Waals surface area contributed by atoms with Crippen LogP contribution >= 0.6 is 23.1 Å². The SMILES string of the molecule is CCCNc1nnc(S[C@@H](C)C(=O)Nc2ccc(C)cc2C)s1. The second kappa shape index (κ2) is 8.31. The van der Waals surface area contributed by atoms with Crippen LogP contribution < -0.4 is 10.6 Å². The molecular weight excluding hydrogens is 328 g/mol. The first kappa shape index (κ1) is 17.7. The predicted molar refractivity (Wildman–Crippen MR) is 98.6 cm³/mol.